The lowest BCUT2D eigenvalue weighted by Crippen LogP contribution is -2.29. The molecule has 0 saturated heterocycles. The monoisotopic (exact) mass is 305 g/mol. The number of benzene rings is 1. The first-order valence-electron chi connectivity index (χ1n) is 6.40. The van der Waals surface area contributed by atoms with Crippen LogP contribution < -0.4 is 4.72 Å². The number of hydrogen-bond donors (Lipinski definition) is 2. The molecule has 110 valence electrons. The lowest BCUT2D eigenvalue weighted by molar-refractivity contribution is 0.301. The van der Waals surface area contributed by atoms with Crippen LogP contribution in [0.5, 0.6) is 0 Å². The molecule has 0 aromatic heterocycles. The number of hydrogen-bond acceptors (Lipinski definition) is 4. The minimum absolute atomic E-state index is 0.0914. The minimum Gasteiger partial charge on any atom is -0.395 e. The molecule has 0 atom stereocenters. The molecule has 0 unspecified atom stereocenters. The summed E-state index contributed by atoms with van der Waals surface area (Å²) in [6.07, 6.45) is 0.598. The summed E-state index contributed by atoms with van der Waals surface area (Å²) in [7, 11) is -3.22. The maximum absolute atomic E-state index is 11.4. The second-order valence-electron chi connectivity index (χ2n) is 3.45. The van der Waals surface area contributed by atoms with Crippen molar-refractivity contribution < 1.29 is 13.5 Å². The van der Waals surface area contributed by atoms with Crippen LogP contribution in [0.2, 0.25) is 0 Å². The third-order valence-electron chi connectivity index (χ3n) is 2.00. The van der Waals surface area contributed by atoms with Crippen molar-refractivity contribution in [2.45, 2.75) is 25.2 Å². The van der Waals surface area contributed by atoms with E-state index in [0.717, 1.165) is 10.6 Å². The molecule has 0 spiro atoms. The molecule has 0 aliphatic heterocycles. The molecule has 19 heavy (non-hydrogen) atoms. The van der Waals surface area contributed by atoms with Crippen LogP contribution in [0.25, 0.3) is 0 Å². The van der Waals surface area contributed by atoms with Gasteiger partial charge in [0.05, 0.1) is 12.4 Å². The molecule has 1 rings (SSSR count). The largest absolute Gasteiger partial charge is 0.395 e. The highest BCUT2D eigenvalue weighted by molar-refractivity contribution is 7.99. The van der Waals surface area contributed by atoms with E-state index >= 15 is 0 Å². The Morgan fingerprint density at radius 2 is 1.84 bits per heavy atom. The second kappa shape index (κ2) is 11.3. The highest BCUT2D eigenvalue weighted by Gasteiger charge is 2.08. The summed E-state index contributed by atoms with van der Waals surface area (Å²) in [6, 6.07) is 9.88. The van der Waals surface area contributed by atoms with Crippen molar-refractivity contribution in [3.8, 4) is 0 Å². The van der Waals surface area contributed by atoms with Crippen molar-refractivity contribution in [3.05, 3.63) is 30.3 Å². The predicted molar refractivity (Wildman–Crippen MR) is 82.0 cm³/mol. The van der Waals surface area contributed by atoms with Crippen molar-refractivity contribution in [2.75, 3.05) is 24.7 Å². The van der Waals surface area contributed by atoms with Crippen LogP contribution in [-0.2, 0) is 10.0 Å². The quantitative estimate of drug-likeness (QED) is 0.570. The van der Waals surface area contributed by atoms with Crippen LogP contribution >= 0.6 is 11.8 Å². The van der Waals surface area contributed by atoms with Gasteiger partial charge in [-0.25, -0.2) is 13.1 Å². The van der Waals surface area contributed by atoms with Crippen molar-refractivity contribution in [2.24, 2.45) is 0 Å². The fourth-order valence-corrected chi connectivity index (χ4v) is 3.36. The average molecular weight is 305 g/mol. The topological polar surface area (TPSA) is 66.4 Å². The second-order valence-corrected chi connectivity index (χ2v) is 6.55. The Kier molecular flexibility index (Phi) is 10.9. The Bertz CT molecular complexity index is 407. The minimum atomic E-state index is -3.22. The Labute approximate surface area is 120 Å². The Morgan fingerprint density at radius 3 is 2.42 bits per heavy atom. The van der Waals surface area contributed by atoms with E-state index in [-0.39, 0.29) is 18.9 Å². The first kappa shape index (κ1) is 18.4. The van der Waals surface area contributed by atoms with E-state index in [1.165, 1.54) is 0 Å². The summed E-state index contributed by atoms with van der Waals surface area (Å²) in [4.78, 5) is 1.15. The van der Waals surface area contributed by atoms with Crippen LogP contribution in [0.3, 0.4) is 0 Å². The van der Waals surface area contributed by atoms with E-state index in [0.29, 0.717) is 6.42 Å². The molecule has 0 saturated carbocycles. The van der Waals surface area contributed by atoms with E-state index in [4.69, 9.17) is 5.11 Å². The van der Waals surface area contributed by atoms with Crippen molar-refractivity contribution in [1.82, 2.24) is 4.72 Å². The highest BCUT2D eigenvalue weighted by atomic mass is 32.2. The summed E-state index contributed by atoms with van der Waals surface area (Å²) in [6.45, 7) is 3.92. The molecule has 0 heterocycles. The molecule has 0 fully saturated rings. The van der Waals surface area contributed by atoms with Gasteiger partial charge in [0, 0.05) is 11.4 Å². The first-order chi connectivity index (χ1) is 9.14. The predicted octanol–water partition coefficient (Wildman–Crippen LogP) is 2.11. The third kappa shape index (κ3) is 9.95. The van der Waals surface area contributed by atoms with Gasteiger partial charge in [0.15, 0.2) is 0 Å². The number of nitrogens with one attached hydrogen (secondary N) is 1. The zero-order chi connectivity index (χ0) is 14.6. The third-order valence-corrected chi connectivity index (χ3v) is 4.57. The van der Waals surface area contributed by atoms with Gasteiger partial charge in [-0.05, 0) is 24.3 Å². The van der Waals surface area contributed by atoms with E-state index < -0.39 is 10.0 Å². The molecule has 0 aliphatic carbocycles. The molecule has 1 aromatic carbocycles. The van der Waals surface area contributed by atoms with E-state index in [1.807, 2.05) is 44.2 Å². The zero-order valence-electron chi connectivity index (χ0n) is 11.5. The van der Waals surface area contributed by atoms with E-state index in [9.17, 15) is 8.42 Å². The van der Waals surface area contributed by atoms with Gasteiger partial charge in [0.1, 0.15) is 0 Å². The average Bonchev–Trinajstić information content (AvgIpc) is 2.45. The number of rotatable bonds is 8. The molecule has 0 radical (unpaired) electrons. The summed E-state index contributed by atoms with van der Waals surface area (Å²) in [5.74, 6) is 0.872. The molecule has 2 N–H and O–H groups in total. The van der Waals surface area contributed by atoms with Crippen LogP contribution in [0.15, 0.2) is 35.2 Å². The zero-order valence-corrected chi connectivity index (χ0v) is 13.1. The van der Waals surface area contributed by atoms with Crippen LogP contribution in [0.4, 0.5) is 0 Å². The molecule has 6 heteroatoms. The lowest BCUT2D eigenvalue weighted by atomic mass is 10.4. The molecule has 0 amide bonds. The van der Waals surface area contributed by atoms with Crippen LogP contribution in [0, 0.1) is 0 Å². The van der Waals surface area contributed by atoms with Gasteiger partial charge in [-0.15, -0.1) is 11.8 Å². The standard InChI is InChI=1S/C11H17NO3S2.C2H6/c13-8-7-12-17(14,15)10-4-9-16-11-5-2-1-3-6-11;1-2/h1-3,5-6,12-13H,4,7-10H2;1-2H3. The lowest BCUT2D eigenvalue weighted by Gasteiger charge is -2.05. The Balaban J connectivity index is 0.00000154. The summed E-state index contributed by atoms with van der Waals surface area (Å²) < 4.78 is 25.1. The molecule has 4 nitrogen and oxygen atoms in total. The van der Waals surface area contributed by atoms with Gasteiger partial charge in [-0.2, -0.15) is 0 Å². The maximum atomic E-state index is 11.4. The summed E-state index contributed by atoms with van der Waals surface area (Å²) >= 11 is 1.64. The molecule has 0 aliphatic rings. The van der Waals surface area contributed by atoms with Gasteiger partial charge in [-0.3, -0.25) is 0 Å². The number of aliphatic hydroxyl groups excluding tert-OH is 1. The Hall–Kier alpha value is -0.560. The van der Waals surface area contributed by atoms with Crippen molar-refractivity contribution in [3.63, 3.8) is 0 Å². The number of aliphatic hydroxyl groups is 1. The van der Waals surface area contributed by atoms with Gasteiger partial charge in [0.2, 0.25) is 10.0 Å². The number of thioether (sulfide) groups is 1. The molecule has 0 bridgehead atoms. The van der Waals surface area contributed by atoms with Gasteiger partial charge in [-0.1, -0.05) is 32.0 Å². The van der Waals surface area contributed by atoms with Gasteiger partial charge in [0.25, 0.3) is 0 Å². The first-order valence-corrected chi connectivity index (χ1v) is 9.04. The number of sulfonamides is 1. The van der Waals surface area contributed by atoms with Crippen LogP contribution in [0.1, 0.15) is 20.3 Å². The highest BCUT2D eigenvalue weighted by Crippen LogP contribution is 2.17. The fraction of sp³-hybridized carbons (Fsp3) is 0.538. The normalized spacial score (nSPS) is 10.7. The van der Waals surface area contributed by atoms with Crippen LogP contribution in [-0.4, -0.2) is 38.2 Å². The van der Waals surface area contributed by atoms with Gasteiger partial charge >= 0.3 is 0 Å². The van der Waals surface area contributed by atoms with E-state index in [2.05, 4.69) is 4.72 Å². The maximum Gasteiger partial charge on any atom is 0.211 e. The molecular weight excluding hydrogens is 282 g/mol. The van der Waals surface area contributed by atoms with Crippen molar-refractivity contribution >= 4 is 21.8 Å². The molecule has 1 aromatic rings. The smallest absolute Gasteiger partial charge is 0.211 e. The fourth-order valence-electron chi connectivity index (χ4n) is 1.23. The molecular formula is C13H23NO3S2. The Morgan fingerprint density at radius 1 is 1.21 bits per heavy atom. The summed E-state index contributed by atoms with van der Waals surface area (Å²) in [5.41, 5.74) is 0. The van der Waals surface area contributed by atoms with E-state index in [1.54, 1.807) is 11.8 Å². The summed E-state index contributed by atoms with van der Waals surface area (Å²) in [5, 5.41) is 8.52. The van der Waals surface area contributed by atoms with Crippen molar-refractivity contribution in [1.29, 1.82) is 0 Å². The SMILES string of the molecule is CC.O=S(=O)(CCCSc1ccccc1)NCCO. The van der Waals surface area contributed by atoms with Gasteiger partial charge < -0.3 is 5.11 Å².